The molecule has 5 nitrogen and oxygen atoms in total. The quantitative estimate of drug-likeness (QED) is 0.771. The predicted octanol–water partition coefficient (Wildman–Crippen LogP) is 1.59. The molecule has 1 N–H and O–H groups in total. The van der Waals surface area contributed by atoms with Crippen molar-refractivity contribution in [2.75, 3.05) is 32.8 Å². The van der Waals surface area contributed by atoms with E-state index in [-0.39, 0.29) is 0 Å². The van der Waals surface area contributed by atoms with E-state index in [1.165, 1.54) is 0 Å². The molecule has 1 aromatic heterocycles. The Hall–Kier alpha value is -0.910. The summed E-state index contributed by atoms with van der Waals surface area (Å²) in [5.74, 6) is 1.12. The first-order valence-electron chi connectivity index (χ1n) is 7.67. The molecule has 0 bridgehead atoms. The average molecular weight is 281 g/mol. The number of imidazole rings is 1. The number of aromatic nitrogens is 2. The van der Waals surface area contributed by atoms with Gasteiger partial charge in [0.05, 0.1) is 0 Å². The van der Waals surface area contributed by atoms with Crippen LogP contribution in [0.3, 0.4) is 0 Å². The Bertz CT molecular complexity index is 386. The lowest BCUT2D eigenvalue weighted by atomic mass is 9.90. The smallest absolute Gasteiger partial charge is 0.137 e. The highest BCUT2D eigenvalue weighted by Gasteiger charge is 2.28. The summed E-state index contributed by atoms with van der Waals surface area (Å²) in [6.07, 6.45) is 6.40. The third-order valence-corrected chi connectivity index (χ3v) is 4.17. The molecule has 114 valence electrons. The van der Waals surface area contributed by atoms with Crippen LogP contribution in [0, 0.1) is 5.92 Å². The summed E-state index contributed by atoms with van der Waals surface area (Å²) >= 11 is 0. The molecule has 0 radical (unpaired) electrons. The van der Waals surface area contributed by atoms with Gasteiger partial charge in [-0.15, -0.1) is 0 Å². The van der Waals surface area contributed by atoms with Crippen LogP contribution in [0.5, 0.6) is 0 Å². The number of hydrogen-bond acceptors (Lipinski definition) is 4. The Morgan fingerprint density at radius 1 is 1.45 bits per heavy atom. The topological polar surface area (TPSA) is 50.5 Å². The van der Waals surface area contributed by atoms with Gasteiger partial charge in [-0.2, -0.15) is 0 Å². The van der Waals surface area contributed by atoms with Crippen molar-refractivity contribution in [2.24, 2.45) is 13.0 Å². The Morgan fingerprint density at radius 3 is 2.80 bits per heavy atom. The second kappa shape index (κ2) is 7.76. The van der Waals surface area contributed by atoms with Gasteiger partial charge in [-0.1, -0.05) is 0 Å². The van der Waals surface area contributed by atoms with Gasteiger partial charge in [0, 0.05) is 39.2 Å². The first-order chi connectivity index (χ1) is 9.72. The van der Waals surface area contributed by atoms with E-state index in [1.807, 2.05) is 24.7 Å². The van der Waals surface area contributed by atoms with Gasteiger partial charge in [0.1, 0.15) is 11.9 Å². The van der Waals surface area contributed by atoms with Crippen molar-refractivity contribution in [1.82, 2.24) is 14.5 Å². The van der Waals surface area contributed by atoms with Gasteiger partial charge in [0.2, 0.25) is 0 Å². The van der Waals surface area contributed by atoms with Gasteiger partial charge in [-0.25, -0.2) is 4.98 Å². The monoisotopic (exact) mass is 281 g/mol. The zero-order valence-electron chi connectivity index (χ0n) is 12.7. The minimum atomic E-state index is -0.430. The molecule has 2 rings (SSSR count). The number of rotatable bonds is 7. The predicted molar refractivity (Wildman–Crippen MR) is 78.4 cm³/mol. The molecule has 1 fully saturated rings. The molecule has 0 aliphatic carbocycles. The number of piperidine rings is 1. The molecule has 1 atom stereocenters. The number of hydrogen-bond donors (Lipinski definition) is 1. The molecule has 2 heterocycles. The summed E-state index contributed by atoms with van der Waals surface area (Å²) in [7, 11) is 1.94. The third kappa shape index (κ3) is 4.04. The summed E-state index contributed by atoms with van der Waals surface area (Å²) in [4.78, 5) is 6.74. The summed E-state index contributed by atoms with van der Waals surface area (Å²) in [5, 5.41) is 10.4. The zero-order chi connectivity index (χ0) is 14.4. The molecule has 0 saturated carbocycles. The van der Waals surface area contributed by atoms with Crippen LogP contribution in [0.2, 0.25) is 0 Å². The largest absolute Gasteiger partial charge is 0.385 e. The number of nitrogens with zero attached hydrogens (tertiary/aromatic N) is 3. The fourth-order valence-electron chi connectivity index (χ4n) is 2.90. The summed E-state index contributed by atoms with van der Waals surface area (Å²) in [6.45, 7) is 6.93. The SMILES string of the molecule is CCOCCCN1CCC(C(O)c2nccn2C)CC1. The zero-order valence-corrected chi connectivity index (χ0v) is 12.7. The van der Waals surface area contributed by atoms with Crippen LogP contribution < -0.4 is 0 Å². The van der Waals surface area contributed by atoms with Crippen LogP contribution in [0.25, 0.3) is 0 Å². The van der Waals surface area contributed by atoms with E-state index in [9.17, 15) is 5.11 Å². The van der Waals surface area contributed by atoms with Crippen molar-refractivity contribution in [1.29, 1.82) is 0 Å². The van der Waals surface area contributed by atoms with Crippen LogP contribution in [-0.2, 0) is 11.8 Å². The standard InChI is InChI=1S/C15H27N3O2/c1-3-20-12-4-8-18-9-5-13(6-10-18)14(19)15-16-7-11-17(15)2/h7,11,13-14,19H,3-6,8-10,12H2,1-2H3. The molecule has 1 saturated heterocycles. The summed E-state index contributed by atoms with van der Waals surface area (Å²) in [6, 6.07) is 0. The van der Waals surface area contributed by atoms with Crippen molar-refractivity contribution in [3.05, 3.63) is 18.2 Å². The molecule has 1 unspecified atom stereocenters. The second-order valence-electron chi connectivity index (χ2n) is 5.57. The van der Waals surface area contributed by atoms with Crippen LogP contribution in [0.15, 0.2) is 12.4 Å². The molecule has 0 spiro atoms. The molecular weight excluding hydrogens is 254 g/mol. The first-order valence-corrected chi connectivity index (χ1v) is 7.67. The first kappa shape index (κ1) is 15.5. The minimum absolute atomic E-state index is 0.333. The Kier molecular flexibility index (Phi) is 6.01. The van der Waals surface area contributed by atoms with Crippen molar-refractivity contribution >= 4 is 0 Å². The second-order valence-corrected chi connectivity index (χ2v) is 5.57. The van der Waals surface area contributed by atoms with Crippen molar-refractivity contribution < 1.29 is 9.84 Å². The molecule has 1 aliphatic heterocycles. The lowest BCUT2D eigenvalue weighted by Gasteiger charge is -2.33. The number of aryl methyl sites for hydroxylation is 1. The molecule has 1 aromatic rings. The Morgan fingerprint density at radius 2 is 2.20 bits per heavy atom. The van der Waals surface area contributed by atoms with Gasteiger partial charge >= 0.3 is 0 Å². The number of aliphatic hydroxyl groups is 1. The van der Waals surface area contributed by atoms with Crippen LogP contribution >= 0.6 is 0 Å². The highest BCUT2D eigenvalue weighted by Crippen LogP contribution is 2.29. The maximum Gasteiger partial charge on any atom is 0.137 e. The molecule has 20 heavy (non-hydrogen) atoms. The summed E-state index contributed by atoms with van der Waals surface area (Å²) in [5.41, 5.74) is 0. The summed E-state index contributed by atoms with van der Waals surface area (Å²) < 4.78 is 7.28. The van der Waals surface area contributed by atoms with Gasteiger partial charge in [0.25, 0.3) is 0 Å². The highest BCUT2D eigenvalue weighted by atomic mass is 16.5. The van der Waals surface area contributed by atoms with E-state index in [0.717, 1.165) is 57.9 Å². The normalized spacial score (nSPS) is 19.4. The van der Waals surface area contributed by atoms with Crippen LogP contribution in [0.1, 0.15) is 38.1 Å². The maximum atomic E-state index is 10.4. The average Bonchev–Trinajstić information content (AvgIpc) is 2.90. The van der Waals surface area contributed by atoms with Gasteiger partial charge in [-0.05, 0) is 45.2 Å². The van der Waals surface area contributed by atoms with Crippen molar-refractivity contribution in [3.8, 4) is 0 Å². The van der Waals surface area contributed by atoms with Gasteiger partial charge in [0.15, 0.2) is 0 Å². The fraction of sp³-hybridized carbons (Fsp3) is 0.800. The van der Waals surface area contributed by atoms with E-state index in [2.05, 4.69) is 9.88 Å². The van der Waals surface area contributed by atoms with E-state index < -0.39 is 6.10 Å². The Balaban J connectivity index is 1.72. The molecule has 0 aromatic carbocycles. The number of likely N-dealkylation sites (tertiary alicyclic amines) is 1. The van der Waals surface area contributed by atoms with Gasteiger partial charge < -0.3 is 19.3 Å². The van der Waals surface area contributed by atoms with Crippen molar-refractivity contribution in [2.45, 2.75) is 32.3 Å². The molecule has 5 heteroatoms. The molecule has 0 amide bonds. The third-order valence-electron chi connectivity index (χ3n) is 4.17. The van der Waals surface area contributed by atoms with E-state index in [0.29, 0.717) is 5.92 Å². The van der Waals surface area contributed by atoms with Crippen LogP contribution in [0.4, 0.5) is 0 Å². The van der Waals surface area contributed by atoms with Crippen molar-refractivity contribution in [3.63, 3.8) is 0 Å². The Labute approximate surface area is 121 Å². The highest BCUT2D eigenvalue weighted by molar-refractivity contribution is 4.98. The van der Waals surface area contributed by atoms with E-state index in [1.54, 1.807) is 6.20 Å². The minimum Gasteiger partial charge on any atom is -0.385 e. The fourth-order valence-corrected chi connectivity index (χ4v) is 2.90. The lowest BCUT2D eigenvalue weighted by Crippen LogP contribution is -2.37. The molecule has 1 aliphatic rings. The maximum absolute atomic E-state index is 10.4. The lowest BCUT2D eigenvalue weighted by molar-refractivity contribution is 0.0476. The number of aliphatic hydroxyl groups excluding tert-OH is 1. The van der Waals surface area contributed by atoms with E-state index in [4.69, 9.17) is 4.74 Å². The van der Waals surface area contributed by atoms with Crippen LogP contribution in [-0.4, -0.2) is 52.4 Å². The molecular formula is C15H27N3O2. The number of ether oxygens (including phenoxy) is 1. The van der Waals surface area contributed by atoms with E-state index >= 15 is 0 Å². The van der Waals surface area contributed by atoms with Gasteiger partial charge in [-0.3, -0.25) is 0 Å².